The van der Waals surface area contributed by atoms with Crippen LogP contribution in [-0.2, 0) is 11.2 Å². The van der Waals surface area contributed by atoms with Gasteiger partial charge < -0.3 is 19.5 Å². The molecule has 1 amide bonds. The largest absolute Gasteiger partial charge is 0.493 e. The van der Waals surface area contributed by atoms with Gasteiger partial charge in [-0.25, -0.2) is 4.39 Å². The second-order valence-electron chi connectivity index (χ2n) is 5.14. The molecule has 0 fully saturated rings. The van der Waals surface area contributed by atoms with E-state index in [9.17, 15) is 9.18 Å². The molecule has 0 saturated heterocycles. The number of carbonyl (C=O) groups is 1. The molecule has 0 aliphatic carbocycles. The summed E-state index contributed by atoms with van der Waals surface area (Å²) in [5.74, 6) is 0.891. The van der Waals surface area contributed by atoms with E-state index < -0.39 is 5.82 Å². The number of amides is 1. The third kappa shape index (κ3) is 5.63. The van der Waals surface area contributed by atoms with Gasteiger partial charge in [-0.05, 0) is 36.2 Å². The van der Waals surface area contributed by atoms with Gasteiger partial charge in [-0.1, -0.05) is 22.0 Å². The highest BCUT2D eigenvalue weighted by atomic mass is 79.9. The van der Waals surface area contributed by atoms with Crippen molar-refractivity contribution in [2.45, 2.75) is 6.42 Å². The number of carbonyl (C=O) groups excluding carboxylic acids is 1. The Kier molecular flexibility index (Phi) is 7.06. The number of hydrogen-bond donors (Lipinski definition) is 1. The first-order valence-corrected chi connectivity index (χ1v) is 8.38. The molecule has 0 aliphatic heterocycles. The maximum Gasteiger partial charge on any atom is 0.257 e. The summed E-state index contributed by atoms with van der Waals surface area (Å²) in [7, 11) is 3.14. The van der Waals surface area contributed by atoms with Crippen LogP contribution in [0.15, 0.2) is 40.9 Å². The lowest BCUT2D eigenvalue weighted by Crippen LogP contribution is -2.30. The van der Waals surface area contributed by atoms with Crippen LogP contribution in [0.3, 0.4) is 0 Å². The van der Waals surface area contributed by atoms with E-state index in [4.69, 9.17) is 14.2 Å². The number of rotatable bonds is 8. The summed E-state index contributed by atoms with van der Waals surface area (Å²) >= 11 is 3.48. The SMILES string of the molecule is COc1cc(Br)c(CCNC(=O)COc2cccc(F)c2)cc1OC. The Morgan fingerprint density at radius 2 is 1.88 bits per heavy atom. The van der Waals surface area contributed by atoms with Crippen LogP contribution in [0.2, 0.25) is 0 Å². The van der Waals surface area contributed by atoms with E-state index in [2.05, 4.69) is 21.2 Å². The average Bonchev–Trinajstić information content (AvgIpc) is 2.61. The Hall–Kier alpha value is -2.28. The van der Waals surface area contributed by atoms with E-state index in [0.29, 0.717) is 30.2 Å². The molecule has 5 nitrogen and oxygen atoms in total. The van der Waals surface area contributed by atoms with Crippen LogP contribution >= 0.6 is 15.9 Å². The van der Waals surface area contributed by atoms with Gasteiger partial charge in [-0.15, -0.1) is 0 Å². The summed E-state index contributed by atoms with van der Waals surface area (Å²) in [5.41, 5.74) is 0.976. The zero-order valence-corrected chi connectivity index (χ0v) is 15.6. The van der Waals surface area contributed by atoms with Crippen LogP contribution < -0.4 is 19.5 Å². The van der Waals surface area contributed by atoms with E-state index in [-0.39, 0.29) is 12.5 Å². The molecule has 0 bridgehead atoms. The Balaban J connectivity index is 1.83. The van der Waals surface area contributed by atoms with Crippen molar-refractivity contribution in [1.29, 1.82) is 0 Å². The second-order valence-corrected chi connectivity index (χ2v) is 6.00. The summed E-state index contributed by atoms with van der Waals surface area (Å²) in [6.45, 7) is 0.260. The quantitative estimate of drug-likeness (QED) is 0.723. The maximum absolute atomic E-state index is 13.0. The van der Waals surface area contributed by atoms with Crippen LogP contribution in [0, 0.1) is 5.82 Å². The van der Waals surface area contributed by atoms with Crippen LogP contribution in [0.5, 0.6) is 17.2 Å². The lowest BCUT2D eigenvalue weighted by Gasteiger charge is -2.12. The Morgan fingerprint density at radius 1 is 1.16 bits per heavy atom. The van der Waals surface area contributed by atoms with Crippen molar-refractivity contribution >= 4 is 21.8 Å². The van der Waals surface area contributed by atoms with Gasteiger partial charge in [0.05, 0.1) is 14.2 Å². The fourth-order valence-corrected chi connectivity index (χ4v) is 2.70. The number of benzene rings is 2. The highest BCUT2D eigenvalue weighted by Gasteiger charge is 2.10. The topological polar surface area (TPSA) is 56.8 Å². The first kappa shape index (κ1) is 19.1. The minimum absolute atomic E-state index is 0.170. The van der Waals surface area contributed by atoms with E-state index in [1.165, 1.54) is 18.2 Å². The van der Waals surface area contributed by atoms with Gasteiger partial charge in [0.15, 0.2) is 18.1 Å². The number of hydrogen-bond acceptors (Lipinski definition) is 4. The lowest BCUT2D eigenvalue weighted by atomic mass is 10.1. The minimum atomic E-state index is -0.406. The molecule has 0 heterocycles. The standard InChI is InChI=1S/C18H19BrFNO4/c1-23-16-8-12(15(19)10-17(16)24-2)6-7-21-18(22)11-25-14-5-3-4-13(20)9-14/h3-5,8-10H,6-7,11H2,1-2H3,(H,21,22). The summed E-state index contributed by atoms with van der Waals surface area (Å²) < 4.78 is 29.6. The van der Waals surface area contributed by atoms with E-state index in [1.807, 2.05) is 12.1 Å². The number of methoxy groups -OCH3 is 2. The van der Waals surface area contributed by atoms with Crippen LogP contribution in [0.25, 0.3) is 0 Å². The zero-order valence-electron chi connectivity index (χ0n) is 14.0. The lowest BCUT2D eigenvalue weighted by molar-refractivity contribution is -0.123. The summed E-state index contributed by atoms with van der Waals surface area (Å²) in [5, 5.41) is 2.76. The van der Waals surface area contributed by atoms with Gasteiger partial charge in [-0.3, -0.25) is 4.79 Å². The monoisotopic (exact) mass is 411 g/mol. The van der Waals surface area contributed by atoms with Crippen LogP contribution in [-0.4, -0.2) is 33.3 Å². The van der Waals surface area contributed by atoms with E-state index >= 15 is 0 Å². The average molecular weight is 412 g/mol. The molecule has 0 aliphatic rings. The van der Waals surface area contributed by atoms with Gasteiger partial charge in [0.1, 0.15) is 11.6 Å². The Bertz CT molecular complexity index is 739. The molecule has 0 saturated carbocycles. The summed E-state index contributed by atoms with van der Waals surface area (Å²) in [6.07, 6.45) is 0.604. The Labute approximate surface area is 154 Å². The molecular formula is C18H19BrFNO4. The molecule has 0 unspecified atom stereocenters. The number of halogens is 2. The molecule has 0 aromatic heterocycles. The molecule has 7 heteroatoms. The minimum Gasteiger partial charge on any atom is -0.493 e. The third-order valence-electron chi connectivity index (χ3n) is 3.44. The van der Waals surface area contributed by atoms with E-state index in [1.54, 1.807) is 20.3 Å². The predicted octanol–water partition coefficient (Wildman–Crippen LogP) is 3.34. The molecule has 0 radical (unpaired) electrons. The fourth-order valence-electron chi connectivity index (χ4n) is 2.18. The fraction of sp³-hybridized carbons (Fsp3) is 0.278. The first-order valence-electron chi connectivity index (χ1n) is 7.59. The first-order chi connectivity index (χ1) is 12.0. The molecule has 1 N–H and O–H groups in total. The highest BCUT2D eigenvalue weighted by molar-refractivity contribution is 9.10. The van der Waals surface area contributed by atoms with Gasteiger partial charge in [0.25, 0.3) is 5.91 Å². The molecule has 25 heavy (non-hydrogen) atoms. The Morgan fingerprint density at radius 3 is 2.56 bits per heavy atom. The summed E-state index contributed by atoms with van der Waals surface area (Å²) in [6, 6.07) is 9.34. The second kappa shape index (κ2) is 9.27. The number of ether oxygens (including phenoxy) is 3. The molecule has 2 aromatic carbocycles. The third-order valence-corrected chi connectivity index (χ3v) is 4.17. The van der Waals surface area contributed by atoms with Gasteiger partial charge >= 0.3 is 0 Å². The van der Waals surface area contributed by atoms with Crippen molar-refractivity contribution in [3.63, 3.8) is 0 Å². The predicted molar refractivity (Wildman–Crippen MR) is 95.9 cm³/mol. The molecule has 134 valence electrons. The molecule has 2 rings (SSSR count). The molecule has 2 aromatic rings. The van der Waals surface area contributed by atoms with Crippen molar-refractivity contribution in [1.82, 2.24) is 5.32 Å². The zero-order chi connectivity index (χ0) is 18.2. The molecule has 0 spiro atoms. The van der Waals surface area contributed by atoms with Crippen molar-refractivity contribution in [3.05, 3.63) is 52.3 Å². The van der Waals surface area contributed by atoms with Crippen LogP contribution in [0.4, 0.5) is 4.39 Å². The smallest absolute Gasteiger partial charge is 0.257 e. The number of nitrogens with one attached hydrogen (secondary N) is 1. The van der Waals surface area contributed by atoms with Crippen molar-refractivity contribution in [2.24, 2.45) is 0 Å². The van der Waals surface area contributed by atoms with Crippen molar-refractivity contribution in [2.75, 3.05) is 27.4 Å². The van der Waals surface area contributed by atoms with Gasteiger partial charge in [0.2, 0.25) is 0 Å². The van der Waals surface area contributed by atoms with Gasteiger partial charge in [-0.2, -0.15) is 0 Å². The normalized spacial score (nSPS) is 10.2. The molecular weight excluding hydrogens is 393 g/mol. The molecule has 0 atom stereocenters. The van der Waals surface area contributed by atoms with Crippen molar-refractivity contribution in [3.8, 4) is 17.2 Å². The van der Waals surface area contributed by atoms with E-state index in [0.717, 1.165) is 10.0 Å². The summed E-state index contributed by atoms with van der Waals surface area (Å²) in [4.78, 5) is 11.8. The highest BCUT2D eigenvalue weighted by Crippen LogP contribution is 2.33. The van der Waals surface area contributed by atoms with Crippen molar-refractivity contribution < 1.29 is 23.4 Å². The van der Waals surface area contributed by atoms with Crippen LogP contribution in [0.1, 0.15) is 5.56 Å². The van der Waals surface area contributed by atoms with Gasteiger partial charge in [0, 0.05) is 17.1 Å². The maximum atomic E-state index is 13.0.